The van der Waals surface area contributed by atoms with E-state index in [-0.39, 0.29) is 12.1 Å². The molecular formula is C24H31ClN4O2S. The molecular weight excluding hydrogens is 444 g/mol. The molecule has 0 amide bonds. The van der Waals surface area contributed by atoms with Crippen LogP contribution in [0.1, 0.15) is 62.1 Å². The van der Waals surface area contributed by atoms with Crippen LogP contribution in [0.5, 0.6) is 0 Å². The smallest absolute Gasteiger partial charge is 0.227 e. The Balaban J connectivity index is 1.41. The van der Waals surface area contributed by atoms with Gasteiger partial charge in [-0.15, -0.1) is 0 Å². The van der Waals surface area contributed by atoms with E-state index in [2.05, 4.69) is 22.3 Å². The first-order chi connectivity index (χ1) is 15.6. The summed E-state index contributed by atoms with van der Waals surface area (Å²) in [6, 6.07) is 8.23. The Kier molecular flexibility index (Phi) is 6.41. The number of rotatable bonds is 5. The van der Waals surface area contributed by atoms with Crippen molar-refractivity contribution in [2.24, 2.45) is 0 Å². The molecule has 1 saturated heterocycles. The van der Waals surface area contributed by atoms with Crippen LogP contribution in [0, 0.1) is 0 Å². The molecule has 2 atom stereocenters. The largest absolute Gasteiger partial charge is 0.394 e. The molecule has 1 aliphatic carbocycles. The van der Waals surface area contributed by atoms with Gasteiger partial charge in [0.2, 0.25) is 5.95 Å². The number of anilines is 2. The number of aromatic nitrogens is 2. The zero-order chi connectivity index (χ0) is 22.1. The first-order valence-electron chi connectivity index (χ1n) is 11.8. The molecule has 32 heavy (non-hydrogen) atoms. The summed E-state index contributed by atoms with van der Waals surface area (Å²) in [5.74, 6) is 2.57. The van der Waals surface area contributed by atoms with Crippen molar-refractivity contribution in [3.8, 4) is 0 Å². The first-order valence-corrected chi connectivity index (χ1v) is 13.5. The Hall–Kier alpha value is -1.70. The van der Waals surface area contributed by atoms with E-state index in [1.807, 2.05) is 12.1 Å². The van der Waals surface area contributed by atoms with Gasteiger partial charge in [0.05, 0.1) is 28.6 Å². The number of fused-ring (bicyclic) bond motifs is 1. The average Bonchev–Trinajstić information content (AvgIpc) is 3.03. The molecule has 1 saturated carbocycles. The molecule has 172 valence electrons. The minimum absolute atomic E-state index is 0.0697. The molecule has 0 bridgehead atoms. The van der Waals surface area contributed by atoms with E-state index in [9.17, 15) is 9.32 Å². The molecule has 3 heterocycles. The SMILES string of the molecule is O=[S@@]1CCCc2nc(N3CCCC(c4ccc(Cl)cc4)CC3)nc(NC3(CO)CCC3)c21. The van der Waals surface area contributed by atoms with Crippen molar-refractivity contribution in [1.82, 2.24) is 9.97 Å². The number of nitrogens with zero attached hydrogens (tertiary/aromatic N) is 3. The van der Waals surface area contributed by atoms with E-state index in [0.29, 0.717) is 17.5 Å². The van der Waals surface area contributed by atoms with Crippen LogP contribution in [0.3, 0.4) is 0 Å². The highest BCUT2D eigenvalue weighted by Gasteiger charge is 2.38. The fourth-order valence-corrected chi connectivity index (χ4v) is 6.59. The van der Waals surface area contributed by atoms with Gasteiger partial charge in [-0.3, -0.25) is 4.21 Å². The Bertz CT molecular complexity index is 991. The number of aliphatic hydroxyl groups excluding tert-OH is 1. The molecule has 8 heteroatoms. The lowest BCUT2D eigenvalue weighted by atomic mass is 9.77. The Labute approximate surface area is 197 Å². The second-order valence-electron chi connectivity index (χ2n) is 9.38. The fourth-order valence-electron chi connectivity index (χ4n) is 5.13. The quantitative estimate of drug-likeness (QED) is 0.673. The number of hydrogen-bond acceptors (Lipinski definition) is 6. The summed E-state index contributed by atoms with van der Waals surface area (Å²) in [6.45, 7) is 1.87. The number of halogens is 1. The third-order valence-corrected chi connectivity index (χ3v) is 9.04. The van der Waals surface area contributed by atoms with Crippen molar-refractivity contribution in [3.05, 3.63) is 40.5 Å². The van der Waals surface area contributed by atoms with Crippen LogP contribution < -0.4 is 10.2 Å². The predicted molar refractivity (Wildman–Crippen MR) is 129 cm³/mol. The van der Waals surface area contributed by atoms with E-state index in [1.165, 1.54) is 5.56 Å². The summed E-state index contributed by atoms with van der Waals surface area (Å²) in [4.78, 5) is 12.8. The summed E-state index contributed by atoms with van der Waals surface area (Å²) in [5, 5.41) is 14.3. The summed E-state index contributed by atoms with van der Waals surface area (Å²) in [6.07, 6.45) is 7.88. The van der Waals surface area contributed by atoms with Crippen LogP contribution in [0.25, 0.3) is 0 Å². The second-order valence-corrected chi connectivity index (χ2v) is 11.3. The average molecular weight is 475 g/mol. The Morgan fingerprint density at radius 3 is 2.66 bits per heavy atom. The van der Waals surface area contributed by atoms with Gasteiger partial charge in [-0.25, -0.2) is 4.98 Å². The van der Waals surface area contributed by atoms with Crippen LogP contribution >= 0.6 is 11.6 Å². The summed E-state index contributed by atoms with van der Waals surface area (Å²) < 4.78 is 12.9. The van der Waals surface area contributed by atoms with Gasteiger partial charge >= 0.3 is 0 Å². The minimum Gasteiger partial charge on any atom is -0.394 e. The van der Waals surface area contributed by atoms with Gasteiger partial charge in [0.15, 0.2) is 0 Å². The lowest BCUT2D eigenvalue weighted by Gasteiger charge is -2.42. The maximum atomic E-state index is 12.9. The zero-order valence-corrected chi connectivity index (χ0v) is 19.9. The number of hydrogen-bond donors (Lipinski definition) is 2. The molecule has 0 spiro atoms. The van der Waals surface area contributed by atoms with E-state index in [1.54, 1.807) is 0 Å². The minimum atomic E-state index is -1.09. The molecule has 3 aliphatic rings. The second kappa shape index (κ2) is 9.27. The summed E-state index contributed by atoms with van der Waals surface area (Å²) >= 11 is 6.07. The van der Waals surface area contributed by atoms with Crippen LogP contribution in [0.2, 0.25) is 5.02 Å². The van der Waals surface area contributed by atoms with Gasteiger partial charge in [0.1, 0.15) is 10.7 Å². The molecule has 2 N–H and O–H groups in total. The van der Waals surface area contributed by atoms with Gasteiger partial charge < -0.3 is 15.3 Å². The molecule has 5 rings (SSSR count). The Morgan fingerprint density at radius 1 is 1.12 bits per heavy atom. The van der Waals surface area contributed by atoms with Crippen molar-refractivity contribution < 1.29 is 9.32 Å². The maximum absolute atomic E-state index is 12.9. The van der Waals surface area contributed by atoms with Gasteiger partial charge in [-0.1, -0.05) is 23.7 Å². The van der Waals surface area contributed by atoms with Crippen LogP contribution in [0.15, 0.2) is 29.2 Å². The van der Waals surface area contributed by atoms with Crippen molar-refractivity contribution in [1.29, 1.82) is 0 Å². The highest BCUT2D eigenvalue weighted by Crippen LogP contribution is 2.38. The van der Waals surface area contributed by atoms with Crippen LogP contribution in [-0.2, 0) is 17.2 Å². The van der Waals surface area contributed by atoms with Crippen molar-refractivity contribution in [2.75, 3.05) is 35.7 Å². The third-order valence-electron chi connectivity index (χ3n) is 7.24. The van der Waals surface area contributed by atoms with Crippen molar-refractivity contribution in [2.45, 2.75) is 67.7 Å². The molecule has 2 aliphatic heterocycles. The number of aryl methyl sites for hydroxylation is 1. The lowest BCUT2D eigenvalue weighted by molar-refractivity contribution is 0.143. The van der Waals surface area contributed by atoms with Gasteiger partial charge in [-0.05, 0) is 75.0 Å². The molecule has 6 nitrogen and oxygen atoms in total. The van der Waals surface area contributed by atoms with E-state index < -0.39 is 10.8 Å². The normalized spacial score (nSPS) is 24.9. The van der Waals surface area contributed by atoms with Crippen molar-refractivity contribution in [3.63, 3.8) is 0 Å². The fraction of sp³-hybridized carbons (Fsp3) is 0.583. The number of benzene rings is 1. The van der Waals surface area contributed by atoms with Crippen molar-refractivity contribution >= 4 is 34.2 Å². The molecule has 2 fully saturated rings. The first kappa shape index (κ1) is 22.1. The lowest BCUT2D eigenvalue weighted by Crippen LogP contribution is -2.49. The van der Waals surface area contributed by atoms with E-state index in [4.69, 9.17) is 21.6 Å². The van der Waals surface area contributed by atoms with Gasteiger partial charge in [-0.2, -0.15) is 4.98 Å². The molecule has 2 aromatic rings. The number of aliphatic hydroxyl groups is 1. The predicted octanol–water partition coefficient (Wildman–Crippen LogP) is 4.28. The zero-order valence-electron chi connectivity index (χ0n) is 18.4. The van der Waals surface area contributed by atoms with Gasteiger partial charge in [0, 0.05) is 23.9 Å². The molecule has 1 aromatic heterocycles. The number of nitrogens with one attached hydrogen (secondary N) is 1. The topological polar surface area (TPSA) is 78.4 Å². The van der Waals surface area contributed by atoms with Gasteiger partial charge in [0.25, 0.3) is 0 Å². The molecule has 1 unspecified atom stereocenters. The van der Waals surface area contributed by atoms with E-state index in [0.717, 1.165) is 86.0 Å². The molecule has 0 radical (unpaired) electrons. The molecule has 1 aromatic carbocycles. The third kappa shape index (κ3) is 4.39. The highest BCUT2D eigenvalue weighted by molar-refractivity contribution is 7.85. The highest BCUT2D eigenvalue weighted by atomic mass is 35.5. The van der Waals surface area contributed by atoms with Crippen LogP contribution in [-0.4, -0.2) is 50.3 Å². The monoisotopic (exact) mass is 474 g/mol. The van der Waals surface area contributed by atoms with E-state index >= 15 is 0 Å². The standard InChI is InChI=1S/C24H31ClN4O2S/c25-19-8-6-18(7-9-19)17-4-1-13-29(14-10-17)23-26-20-5-2-15-32(31)21(20)22(27-23)28-24(16-30)11-3-12-24/h6-9,17,30H,1-5,10-16H2,(H,26,27,28)/t17?,32-/m1/s1. The Morgan fingerprint density at radius 2 is 1.94 bits per heavy atom. The van der Waals surface area contributed by atoms with Crippen LogP contribution in [0.4, 0.5) is 11.8 Å². The maximum Gasteiger partial charge on any atom is 0.227 e. The summed E-state index contributed by atoms with van der Waals surface area (Å²) in [5.41, 5.74) is 1.92. The summed E-state index contributed by atoms with van der Waals surface area (Å²) in [7, 11) is -1.09.